The molecule has 1 aromatic heterocycles. The van der Waals surface area contributed by atoms with Crippen LogP contribution >= 0.6 is 23.2 Å². The van der Waals surface area contributed by atoms with Gasteiger partial charge in [-0.15, -0.1) is 0 Å². The van der Waals surface area contributed by atoms with E-state index in [9.17, 15) is 9.59 Å². The molecule has 3 aromatic rings. The summed E-state index contributed by atoms with van der Waals surface area (Å²) in [5.74, 6) is 0.866. The van der Waals surface area contributed by atoms with Gasteiger partial charge in [-0.05, 0) is 48.4 Å². The predicted octanol–water partition coefficient (Wildman–Crippen LogP) is 4.99. The molecule has 2 N–H and O–H groups in total. The number of nitrogens with one attached hydrogen (secondary N) is 2. The topological polar surface area (TPSA) is 80.6 Å². The maximum Gasteiger partial charge on any atom is 0.251 e. The average Bonchev–Trinajstić information content (AvgIpc) is 3.30. The molecule has 2 aromatic carbocycles. The average molecular weight is 461 g/mol. The van der Waals surface area contributed by atoms with Gasteiger partial charge in [-0.25, -0.2) is 0 Å². The Morgan fingerprint density at radius 1 is 0.968 bits per heavy atom. The molecule has 31 heavy (non-hydrogen) atoms. The van der Waals surface area contributed by atoms with Gasteiger partial charge in [0, 0.05) is 18.5 Å². The van der Waals surface area contributed by atoms with E-state index in [1.54, 1.807) is 54.8 Å². The van der Waals surface area contributed by atoms with E-state index in [0.717, 1.165) is 5.56 Å². The van der Waals surface area contributed by atoms with Gasteiger partial charge in [-0.1, -0.05) is 41.4 Å². The summed E-state index contributed by atoms with van der Waals surface area (Å²) < 4.78 is 10.8. The Bertz CT molecular complexity index is 1020. The van der Waals surface area contributed by atoms with Crippen molar-refractivity contribution in [1.82, 2.24) is 10.6 Å². The summed E-state index contributed by atoms with van der Waals surface area (Å²) in [4.78, 5) is 24.4. The summed E-state index contributed by atoms with van der Waals surface area (Å²) in [6.07, 6.45) is 2.40. The number of ether oxygens (including phenoxy) is 1. The lowest BCUT2D eigenvalue weighted by Gasteiger charge is -2.10. The number of hydrogen-bond donors (Lipinski definition) is 2. The van der Waals surface area contributed by atoms with Crippen molar-refractivity contribution in [1.29, 1.82) is 0 Å². The van der Waals surface area contributed by atoms with Gasteiger partial charge in [-0.2, -0.15) is 0 Å². The van der Waals surface area contributed by atoms with E-state index in [0.29, 0.717) is 59.7 Å². The van der Waals surface area contributed by atoms with Crippen LogP contribution in [0, 0.1) is 0 Å². The molecule has 1 heterocycles. The highest BCUT2D eigenvalue weighted by atomic mass is 35.5. The smallest absolute Gasteiger partial charge is 0.251 e. The summed E-state index contributed by atoms with van der Waals surface area (Å²) in [6, 6.07) is 15.8. The van der Waals surface area contributed by atoms with Crippen molar-refractivity contribution in [3.8, 4) is 5.75 Å². The van der Waals surface area contributed by atoms with Crippen molar-refractivity contribution in [3.63, 3.8) is 0 Å². The Balaban J connectivity index is 1.39. The van der Waals surface area contributed by atoms with Crippen LogP contribution in [0.5, 0.6) is 5.75 Å². The van der Waals surface area contributed by atoms with E-state index in [1.165, 1.54) is 0 Å². The molecule has 2 amide bonds. The molecule has 0 saturated heterocycles. The van der Waals surface area contributed by atoms with Crippen molar-refractivity contribution < 1.29 is 18.7 Å². The first-order chi connectivity index (χ1) is 15.0. The fourth-order valence-corrected chi connectivity index (χ4v) is 3.15. The van der Waals surface area contributed by atoms with Crippen LogP contribution in [0.15, 0.2) is 65.3 Å². The van der Waals surface area contributed by atoms with Crippen LogP contribution in [0.25, 0.3) is 0 Å². The number of carbonyl (C=O) groups is 2. The van der Waals surface area contributed by atoms with Gasteiger partial charge < -0.3 is 19.8 Å². The number of halogens is 2. The number of hydrogen-bond acceptors (Lipinski definition) is 4. The van der Waals surface area contributed by atoms with Crippen LogP contribution in [-0.2, 0) is 17.9 Å². The number of amides is 2. The van der Waals surface area contributed by atoms with E-state index in [-0.39, 0.29) is 11.8 Å². The first-order valence-electron chi connectivity index (χ1n) is 9.76. The second-order valence-electron chi connectivity index (χ2n) is 6.74. The van der Waals surface area contributed by atoms with Crippen molar-refractivity contribution >= 4 is 35.0 Å². The Labute approximate surface area is 190 Å². The number of furan rings is 1. The number of carbonyl (C=O) groups excluding carboxylic acids is 2. The first-order valence-corrected chi connectivity index (χ1v) is 10.5. The standard InChI is InChI=1S/C23H22Cl2N2O4/c24-19-8-2-9-20(22(19)25)31-12-4-10-21(28)26-14-16-5-1-6-17(13-16)23(29)27-15-18-7-3-11-30-18/h1-3,5-9,11,13H,4,10,12,14-15H2,(H,26,28)(H,27,29). The Hall–Kier alpha value is -2.96. The molecule has 0 aliphatic heterocycles. The molecule has 0 spiro atoms. The van der Waals surface area contributed by atoms with Gasteiger partial charge in [0.25, 0.3) is 5.91 Å². The molecule has 6 nitrogen and oxygen atoms in total. The Kier molecular flexibility index (Phi) is 8.38. The minimum Gasteiger partial charge on any atom is -0.492 e. The van der Waals surface area contributed by atoms with Gasteiger partial charge in [0.2, 0.25) is 5.91 Å². The fraction of sp³-hybridized carbons (Fsp3) is 0.217. The molecule has 0 unspecified atom stereocenters. The summed E-state index contributed by atoms with van der Waals surface area (Å²) in [5.41, 5.74) is 1.35. The third-order valence-electron chi connectivity index (χ3n) is 4.40. The second kappa shape index (κ2) is 11.4. The van der Waals surface area contributed by atoms with Crippen molar-refractivity contribution in [2.45, 2.75) is 25.9 Å². The van der Waals surface area contributed by atoms with Crippen molar-refractivity contribution in [2.24, 2.45) is 0 Å². The molecule has 0 saturated carbocycles. The van der Waals surface area contributed by atoms with E-state index in [2.05, 4.69) is 10.6 Å². The van der Waals surface area contributed by atoms with Gasteiger partial charge in [0.1, 0.15) is 16.5 Å². The molecular weight excluding hydrogens is 439 g/mol. The summed E-state index contributed by atoms with van der Waals surface area (Å²) in [6.45, 7) is 0.993. The van der Waals surface area contributed by atoms with Crippen LogP contribution in [0.1, 0.15) is 34.5 Å². The third kappa shape index (κ3) is 7.05. The zero-order chi connectivity index (χ0) is 22.1. The zero-order valence-corrected chi connectivity index (χ0v) is 18.2. The Morgan fingerprint density at radius 2 is 1.81 bits per heavy atom. The summed E-state index contributed by atoms with van der Waals surface area (Å²) >= 11 is 12.0. The molecular formula is C23H22Cl2N2O4. The predicted molar refractivity (Wildman–Crippen MR) is 119 cm³/mol. The molecule has 0 atom stereocenters. The number of rotatable bonds is 10. The molecule has 0 bridgehead atoms. The van der Waals surface area contributed by atoms with Gasteiger partial charge in [0.15, 0.2) is 0 Å². The summed E-state index contributed by atoms with van der Waals surface area (Å²) in [5, 5.41) is 6.43. The van der Waals surface area contributed by atoms with E-state index in [1.807, 2.05) is 6.07 Å². The number of benzene rings is 2. The zero-order valence-electron chi connectivity index (χ0n) is 16.7. The van der Waals surface area contributed by atoms with Crippen LogP contribution < -0.4 is 15.4 Å². The maximum absolute atomic E-state index is 12.3. The largest absolute Gasteiger partial charge is 0.492 e. The van der Waals surface area contributed by atoms with Gasteiger partial charge in [-0.3, -0.25) is 9.59 Å². The van der Waals surface area contributed by atoms with E-state index < -0.39 is 0 Å². The lowest BCUT2D eigenvalue weighted by molar-refractivity contribution is -0.121. The fourth-order valence-electron chi connectivity index (χ4n) is 2.80. The normalized spacial score (nSPS) is 10.5. The minimum atomic E-state index is -0.207. The van der Waals surface area contributed by atoms with Crippen LogP contribution in [0.4, 0.5) is 0 Å². The van der Waals surface area contributed by atoms with Crippen molar-refractivity contribution in [3.05, 3.63) is 87.8 Å². The highest BCUT2D eigenvalue weighted by Crippen LogP contribution is 2.31. The minimum absolute atomic E-state index is 0.103. The SMILES string of the molecule is O=C(CCCOc1cccc(Cl)c1Cl)NCc1cccc(C(=O)NCc2ccco2)c1. The lowest BCUT2D eigenvalue weighted by atomic mass is 10.1. The lowest BCUT2D eigenvalue weighted by Crippen LogP contribution is -2.24. The van der Waals surface area contributed by atoms with Crippen LogP contribution in [0.3, 0.4) is 0 Å². The van der Waals surface area contributed by atoms with E-state index >= 15 is 0 Å². The van der Waals surface area contributed by atoms with E-state index in [4.69, 9.17) is 32.4 Å². The second-order valence-corrected chi connectivity index (χ2v) is 7.53. The third-order valence-corrected chi connectivity index (χ3v) is 5.21. The van der Waals surface area contributed by atoms with Gasteiger partial charge in [0.05, 0.1) is 24.4 Å². The highest BCUT2D eigenvalue weighted by Gasteiger charge is 2.09. The molecule has 0 radical (unpaired) electrons. The Morgan fingerprint density at radius 3 is 2.61 bits per heavy atom. The van der Waals surface area contributed by atoms with Crippen LogP contribution in [-0.4, -0.2) is 18.4 Å². The molecule has 162 valence electrons. The summed E-state index contributed by atoms with van der Waals surface area (Å²) in [7, 11) is 0. The highest BCUT2D eigenvalue weighted by molar-refractivity contribution is 6.42. The quantitative estimate of drug-likeness (QED) is 0.417. The molecule has 0 fully saturated rings. The first kappa shape index (κ1) is 22.7. The molecule has 8 heteroatoms. The molecule has 3 rings (SSSR count). The van der Waals surface area contributed by atoms with Gasteiger partial charge >= 0.3 is 0 Å². The van der Waals surface area contributed by atoms with Crippen LogP contribution in [0.2, 0.25) is 10.0 Å². The van der Waals surface area contributed by atoms with Crippen molar-refractivity contribution in [2.75, 3.05) is 6.61 Å². The molecule has 0 aliphatic carbocycles. The maximum atomic E-state index is 12.3. The molecule has 0 aliphatic rings. The monoisotopic (exact) mass is 460 g/mol.